The van der Waals surface area contributed by atoms with Gasteiger partial charge in [0.2, 0.25) is 0 Å². The summed E-state index contributed by atoms with van der Waals surface area (Å²) >= 11 is 3.21. The Morgan fingerprint density at radius 1 is 1.25 bits per heavy atom. The van der Waals surface area contributed by atoms with Crippen LogP contribution in [0.25, 0.3) is 0 Å². The largest absolute Gasteiger partial charge is 0.206 e. The van der Waals surface area contributed by atoms with Crippen LogP contribution < -0.4 is 0 Å². The van der Waals surface area contributed by atoms with E-state index in [4.69, 9.17) is 0 Å². The van der Waals surface area contributed by atoms with Crippen molar-refractivity contribution in [3.8, 4) is 6.07 Å². The Labute approximate surface area is 126 Å². The number of rotatable bonds is 2. The summed E-state index contributed by atoms with van der Waals surface area (Å²) in [6.07, 6.45) is 2.39. The second-order valence-corrected chi connectivity index (χ2v) is 6.13. The maximum atomic E-state index is 13.3. The van der Waals surface area contributed by atoms with Gasteiger partial charge >= 0.3 is 0 Å². The highest BCUT2D eigenvalue weighted by Crippen LogP contribution is 2.41. The first-order valence-electron chi connectivity index (χ1n) is 6.58. The van der Waals surface area contributed by atoms with Crippen LogP contribution in [0, 0.1) is 17.1 Å². The molecule has 1 nitrogen and oxygen atoms in total. The van der Waals surface area contributed by atoms with Crippen molar-refractivity contribution in [2.75, 3.05) is 0 Å². The first kappa shape index (κ1) is 13.3. The summed E-state index contributed by atoms with van der Waals surface area (Å²) in [6.45, 7) is 0. The Balaban J connectivity index is 2.00. The van der Waals surface area contributed by atoms with E-state index in [9.17, 15) is 9.65 Å². The van der Waals surface area contributed by atoms with Gasteiger partial charge in [0.15, 0.2) is 0 Å². The molecule has 0 aromatic heterocycles. The summed E-state index contributed by atoms with van der Waals surface area (Å²) < 4.78 is 13.8. The molecule has 3 heteroatoms. The van der Waals surface area contributed by atoms with E-state index >= 15 is 0 Å². The number of hydrogen-bond donors (Lipinski definition) is 0. The molecule has 1 atom stereocenters. The summed E-state index contributed by atoms with van der Waals surface area (Å²) in [5.41, 5.74) is 2.89. The van der Waals surface area contributed by atoms with Crippen LogP contribution in [0.15, 0.2) is 46.9 Å². The number of aryl methyl sites for hydroxylation is 1. The minimum atomic E-state index is -0.478. The molecule has 1 unspecified atom stereocenters. The molecule has 0 N–H and O–H groups in total. The highest BCUT2D eigenvalue weighted by atomic mass is 79.9. The molecule has 0 heterocycles. The Hall–Kier alpha value is -1.66. The van der Waals surface area contributed by atoms with Crippen molar-refractivity contribution in [2.24, 2.45) is 0 Å². The predicted molar refractivity (Wildman–Crippen MR) is 79.9 cm³/mol. The van der Waals surface area contributed by atoms with Crippen molar-refractivity contribution in [1.29, 1.82) is 5.26 Å². The highest BCUT2D eigenvalue weighted by Gasteiger charge is 2.38. The second-order valence-electron chi connectivity index (χ2n) is 5.28. The topological polar surface area (TPSA) is 23.8 Å². The van der Waals surface area contributed by atoms with Gasteiger partial charge in [-0.15, -0.1) is 0 Å². The van der Waals surface area contributed by atoms with Gasteiger partial charge in [-0.05, 0) is 64.0 Å². The van der Waals surface area contributed by atoms with E-state index in [-0.39, 0.29) is 5.82 Å². The van der Waals surface area contributed by atoms with Gasteiger partial charge in [0, 0.05) is 0 Å². The van der Waals surface area contributed by atoms with E-state index in [0.717, 1.165) is 24.0 Å². The van der Waals surface area contributed by atoms with Crippen LogP contribution in [0.4, 0.5) is 4.39 Å². The number of hydrogen-bond acceptors (Lipinski definition) is 1. The van der Waals surface area contributed by atoms with Gasteiger partial charge in [0.25, 0.3) is 0 Å². The van der Waals surface area contributed by atoms with Crippen molar-refractivity contribution < 1.29 is 4.39 Å². The van der Waals surface area contributed by atoms with E-state index < -0.39 is 5.41 Å². The van der Waals surface area contributed by atoms with Crippen molar-refractivity contribution in [3.63, 3.8) is 0 Å². The van der Waals surface area contributed by atoms with Gasteiger partial charge in [-0.3, -0.25) is 0 Å². The third-order valence-corrected chi connectivity index (χ3v) is 4.67. The molecule has 0 spiro atoms. The standard InChI is InChI=1S/C17H13BrFN/c18-15-9-12(5-6-16(15)19)10-17(11-20)8-7-13-3-1-2-4-14(13)17/h1-6,9H,7-8,10H2. The fourth-order valence-electron chi connectivity index (χ4n) is 3.03. The Morgan fingerprint density at radius 2 is 2.05 bits per heavy atom. The molecule has 0 aliphatic heterocycles. The second kappa shape index (κ2) is 5.03. The lowest BCUT2D eigenvalue weighted by Gasteiger charge is -2.22. The summed E-state index contributed by atoms with van der Waals surface area (Å²) in [4.78, 5) is 0. The molecule has 0 bridgehead atoms. The van der Waals surface area contributed by atoms with Gasteiger partial charge in [0.05, 0.1) is 16.0 Å². The van der Waals surface area contributed by atoms with Gasteiger partial charge in [-0.2, -0.15) is 5.26 Å². The third kappa shape index (κ3) is 2.14. The maximum Gasteiger partial charge on any atom is 0.137 e. The summed E-state index contributed by atoms with van der Waals surface area (Å²) in [5, 5.41) is 9.71. The predicted octanol–water partition coefficient (Wildman–Crippen LogP) is 4.54. The fourth-order valence-corrected chi connectivity index (χ4v) is 3.45. The minimum Gasteiger partial charge on any atom is -0.206 e. The van der Waals surface area contributed by atoms with Crippen LogP contribution >= 0.6 is 15.9 Å². The van der Waals surface area contributed by atoms with Crippen molar-refractivity contribution in [3.05, 3.63) is 69.4 Å². The van der Waals surface area contributed by atoms with Crippen molar-refractivity contribution in [1.82, 2.24) is 0 Å². The average Bonchev–Trinajstić information content (AvgIpc) is 2.83. The van der Waals surface area contributed by atoms with E-state index in [1.165, 1.54) is 11.6 Å². The maximum absolute atomic E-state index is 13.3. The van der Waals surface area contributed by atoms with E-state index in [1.54, 1.807) is 12.1 Å². The first-order valence-corrected chi connectivity index (χ1v) is 7.37. The van der Waals surface area contributed by atoms with E-state index in [1.807, 2.05) is 18.2 Å². The zero-order chi connectivity index (χ0) is 14.2. The molecule has 1 aliphatic carbocycles. The molecule has 2 aromatic carbocycles. The van der Waals surface area contributed by atoms with Crippen LogP contribution in [0.3, 0.4) is 0 Å². The SMILES string of the molecule is N#CC1(Cc2ccc(F)c(Br)c2)CCc2ccccc21. The molecule has 100 valence electrons. The fraction of sp³-hybridized carbons (Fsp3) is 0.235. The lowest BCUT2D eigenvalue weighted by Crippen LogP contribution is -2.23. The number of nitriles is 1. The van der Waals surface area contributed by atoms with Crippen molar-refractivity contribution in [2.45, 2.75) is 24.7 Å². The molecular weight excluding hydrogens is 317 g/mol. The number of benzene rings is 2. The normalized spacial score (nSPS) is 20.4. The summed E-state index contributed by atoms with van der Waals surface area (Å²) in [5.74, 6) is -0.272. The molecular formula is C17H13BrFN. The van der Waals surface area contributed by atoms with Crippen molar-refractivity contribution >= 4 is 15.9 Å². The lowest BCUT2D eigenvalue weighted by molar-refractivity contribution is 0.539. The summed E-state index contributed by atoms with van der Waals surface area (Å²) in [6, 6.07) is 15.6. The van der Waals surface area contributed by atoms with E-state index in [2.05, 4.69) is 28.1 Å². The number of fused-ring (bicyclic) bond motifs is 1. The Kier molecular flexibility index (Phi) is 3.35. The quantitative estimate of drug-likeness (QED) is 0.793. The molecule has 0 radical (unpaired) electrons. The smallest absolute Gasteiger partial charge is 0.137 e. The lowest BCUT2D eigenvalue weighted by atomic mass is 9.78. The van der Waals surface area contributed by atoms with Gasteiger partial charge < -0.3 is 0 Å². The van der Waals surface area contributed by atoms with Crippen LogP contribution in [0.5, 0.6) is 0 Å². The van der Waals surface area contributed by atoms with Crippen LogP contribution in [-0.2, 0) is 18.3 Å². The zero-order valence-electron chi connectivity index (χ0n) is 10.9. The zero-order valence-corrected chi connectivity index (χ0v) is 12.5. The van der Waals surface area contributed by atoms with Crippen LogP contribution in [-0.4, -0.2) is 0 Å². The molecule has 20 heavy (non-hydrogen) atoms. The Morgan fingerprint density at radius 3 is 2.80 bits per heavy atom. The van der Waals surface area contributed by atoms with E-state index in [0.29, 0.717) is 10.9 Å². The van der Waals surface area contributed by atoms with Crippen LogP contribution in [0.1, 0.15) is 23.1 Å². The highest BCUT2D eigenvalue weighted by molar-refractivity contribution is 9.10. The average molecular weight is 330 g/mol. The molecule has 0 saturated carbocycles. The number of nitrogens with zero attached hydrogens (tertiary/aromatic N) is 1. The van der Waals surface area contributed by atoms with Gasteiger partial charge in [-0.1, -0.05) is 30.3 Å². The summed E-state index contributed by atoms with van der Waals surface area (Å²) in [7, 11) is 0. The minimum absolute atomic E-state index is 0.272. The first-order chi connectivity index (χ1) is 9.64. The third-order valence-electron chi connectivity index (χ3n) is 4.06. The Bertz CT molecular complexity index is 704. The molecule has 0 fully saturated rings. The van der Waals surface area contributed by atoms with Gasteiger partial charge in [0.1, 0.15) is 5.82 Å². The monoisotopic (exact) mass is 329 g/mol. The van der Waals surface area contributed by atoms with Gasteiger partial charge in [-0.25, -0.2) is 4.39 Å². The molecule has 0 saturated heterocycles. The molecule has 1 aliphatic rings. The molecule has 2 aromatic rings. The van der Waals surface area contributed by atoms with Crippen LogP contribution in [0.2, 0.25) is 0 Å². The molecule has 0 amide bonds. The number of halogens is 2. The molecule has 3 rings (SSSR count).